The van der Waals surface area contributed by atoms with Gasteiger partial charge in [0.15, 0.2) is 6.23 Å². The number of aliphatic hydroxyl groups excluding tert-OH is 4. The molecule has 0 spiro atoms. The Morgan fingerprint density at radius 1 is 0.653 bits per heavy atom. The number of aliphatic hydroxyl groups is 4. The Hall–Kier alpha value is -1.30. The van der Waals surface area contributed by atoms with Crippen molar-refractivity contribution in [2.45, 2.75) is 217 Å². The molecule has 0 unspecified atom stereocenters. The lowest BCUT2D eigenvalue weighted by molar-refractivity contribution is -0.231. The largest absolute Gasteiger partial charge is 0.394 e. The van der Waals surface area contributed by atoms with Crippen LogP contribution in [0.3, 0.4) is 0 Å². The normalized spacial score (nSPS) is 21.5. The monoisotopic (exact) mass is 700 g/mol. The van der Waals surface area contributed by atoms with E-state index in [4.69, 9.17) is 10.5 Å². The van der Waals surface area contributed by atoms with Crippen molar-refractivity contribution < 1.29 is 34.8 Å². The lowest BCUT2D eigenvalue weighted by Crippen LogP contribution is -2.69. The number of nitrogens with two attached hydrogens (primary N) is 1. The highest BCUT2D eigenvalue weighted by atomic mass is 16.5. The number of amides is 2. The minimum absolute atomic E-state index is 0.137. The van der Waals surface area contributed by atoms with Gasteiger partial charge in [0.1, 0.15) is 30.4 Å². The Morgan fingerprint density at radius 3 is 1.47 bits per heavy atom. The summed E-state index contributed by atoms with van der Waals surface area (Å²) in [5.41, 5.74) is 5.72. The van der Waals surface area contributed by atoms with Gasteiger partial charge in [0.05, 0.1) is 13.2 Å². The van der Waals surface area contributed by atoms with Gasteiger partial charge in [0.25, 0.3) is 0 Å². The van der Waals surface area contributed by atoms with Gasteiger partial charge in [-0.2, -0.15) is 0 Å². The molecule has 49 heavy (non-hydrogen) atoms. The number of nitrogens with zero attached hydrogens (tertiary/aromatic N) is 1. The van der Waals surface area contributed by atoms with Gasteiger partial charge >= 0.3 is 0 Å². The number of nitrogens with one attached hydrogen (secondary N) is 1. The summed E-state index contributed by atoms with van der Waals surface area (Å²) >= 11 is 0. The first-order valence-corrected chi connectivity index (χ1v) is 20.4. The number of ether oxygens (including phenoxy) is 1. The third-order valence-electron chi connectivity index (χ3n) is 10.1. The molecule has 10 nitrogen and oxygen atoms in total. The molecule has 6 atom stereocenters. The highest BCUT2D eigenvalue weighted by Gasteiger charge is 2.48. The quantitative estimate of drug-likeness (QED) is 0.0449. The molecular weight excluding hydrogens is 622 g/mol. The maximum atomic E-state index is 13.7. The molecule has 1 aliphatic heterocycles. The molecule has 0 aromatic heterocycles. The fraction of sp³-hybridized carbons (Fsp3) is 0.949. The van der Waals surface area contributed by atoms with Crippen LogP contribution in [0.25, 0.3) is 0 Å². The van der Waals surface area contributed by atoms with Crippen LogP contribution in [-0.2, 0) is 14.3 Å². The second-order valence-corrected chi connectivity index (χ2v) is 14.5. The first-order chi connectivity index (χ1) is 23.8. The van der Waals surface area contributed by atoms with E-state index in [1.165, 1.54) is 116 Å². The van der Waals surface area contributed by atoms with Crippen molar-refractivity contribution in [3.05, 3.63) is 0 Å². The molecule has 0 aromatic rings. The summed E-state index contributed by atoms with van der Waals surface area (Å²) in [6.45, 7) is 3.71. The van der Waals surface area contributed by atoms with E-state index in [2.05, 4.69) is 19.2 Å². The molecule has 1 heterocycles. The zero-order chi connectivity index (χ0) is 36.1. The molecule has 0 bridgehead atoms. The minimum atomic E-state index is -1.50. The maximum absolute atomic E-state index is 13.7. The molecule has 290 valence electrons. The number of hydrogen-bond acceptors (Lipinski definition) is 8. The zero-order valence-corrected chi connectivity index (χ0v) is 31.5. The molecule has 1 rings (SSSR count). The molecule has 1 saturated heterocycles. The van der Waals surface area contributed by atoms with Gasteiger partial charge in [-0.05, 0) is 12.8 Å². The van der Waals surface area contributed by atoms with E-state index in [1.54, 1.807) is 4.90 Å². The van der Waals surface area contributed by atoms with Crippen molar-refractivity contribution in [3.8, 4) is 0 Å². The summed E-state index contributed by atoms with van der Waals surface area (Å²) in [7, 11) is 0. The van der Waals surface area contributed by atoms with Crippen LogP contribution in [0.4, 0.5) is 0 Å². The van der Waals surface area contributed by atoms with Crippen LogP contribution in [0, 0.1) is 0 Å². The van der Waals surface area contributed by atoms with Crippen LogP contribution >= 0.6 is 0 Å². The smallest absolute Gasteiger partial charge is 0.239 e. The van der Waals surface area contributed by atoms with E-state index in [0.717, 1.165) is 44.9 Å². The topological polar surface area (TPSA) is 166 Å². The zero-order valence-electron chi connectivity index (χ0n) is 31.5. The predicted molar refractivity (Wildman–Crippen MR) is 198 cm³/mol. The summed E-state index contributed by atoms with van der Waals surface area (Å²) in [4.78, 5) is 28.0. The highest BCUT2D eigenvalue weighted by Crippen LogP contribution is 2.26. The Labute approximate surface area is 299 Å². The lowest BCUT2D eigenvalue weighted by atomic mass is 9.94. The fourth-order valence-electron chi connectivity index (χ4n) is 6.83. The van der Waals surface area contributed by atoms with Crippen molar-refractivity contribution in [1.82, 2.24) is 10.2 Å². The molecule has 1 fully saturated rings. The van der Waals surface area contributed by atoms with Gasteiger partial charge < -0.3 is 41.1 Å². The molecule has 7 N–H and O–H groups in total. The van der Waals surface area contributed by atoms with Crippen molar-refractivity contribution in [1.29, 1.82) is 0 Å². The van der Waals surface area contributed by atoms with Crippen molar-refractivity contribution >= 4 is 11.8 Å². The summed E-state index contributed by atoms with van der Waals surface area (Å²) < 4.78 is 6.03. The molecule has 0 saturated carbocycles. The van der Waals surface area contributed by atoms with Gasteiger partial charge in [-0.15, -0.1) is 0 Å². The van der Waals surface area contributed by atoms with Crippen LogP contribution in [0.5, 0.6) is 0 Å². The average Bonchev–Trinajstić information content (AvgIpc) is 3.10. The first kappa shape index (κ1) is 45.7. The van der Waals surface area contributed by atoms with Gasteiger partial charge in [-0.1, -0.05) is 162 Å². The third-order valence-corrected chi connectivity index (χ3v) is 10.1. The van der Waals surface area contributed by atoms with E-state index >= 15 is 0 Å². The van der Waals surface area contributed by atoms with Crippen molar-refractivity contribution in [2.75, 3.05) is 19.8 Å². The number of carbonyl (C=O) groups excluding carboxylic acids is 2. The van der Waals surface area contributed by atoms with Gasteiger partial charge in [-0.25, -0.2) is 0 Å². The first-order valence-electron chi connectivity index (χ1n) is 20.4. The highest BCUT2D eigenvalue weighted by molar-refractivity contribution is 5.82. The van der Waals surface area contributed by atoms with E-state index in [-0.39, 0.29) is 5.91 Å². The van der Waals surface area contributed by atoms with Crippen LogP contribution in [0.15, 0.2) is 0 Å². The van der Waals surface area contributed by atoms with Crippen LogP contribution < -0.4 is 11.1 Å². The van der Waals surface area contributed by atoms with Crippen molar-refractivity contribution in [2.24, 2.45) is 5.73 Å². The molecule has 1 aliphatic rings. The molecule has 0 aliphatic carbocycles. The second-order valence-electron chi connectivity index (χ2n) is 14.5. The minimum Gasteiger partial charge on any atom is -0.394 e. The molecule has 0 radical (unpaired) electrons. The number of hydrogen-bond donors (Lipinski definition) is 6. The second kappa shape index (κ2) is 30.3. The molecule has 2 amide bonds. The van der Waals surface area contributed by atoms with E-state index in [1.807, 2.05) is 0 Å². The SMILES string of the molecule is CCCCCCCCCCCCCCCCCC(=O)N(CCCCCCCCCCCC)[C@@H]1O[C@H](CO)[C@@H](O)[C@H](O)[C@H]1NC(=O)[C@@H](N)CO. The van der Waals surface area contributed by atoms with Crippen LogP contribution in [0.1, 0.15) is 181 Å². The molecule has 0 aromatic carbocycles. The molecule has 10 heteroatoms. The van der Waals surface area contributed by atoms with E-state index < -0.39 is 55.7 Å². The van der Waals surface area contributed by atoms with Crippen LogP contribution in [-0.4, -0.2) is 93.5 Å². The maximum Gasteiger partial charge on any atom is 0.239 e. The predicted octanol–water partition coefficient (Wildman–Crippen LogP) is 6.24. The number of unbranched alkanes of at least 4 members (excludes halogenated alkanes) is 23. The Morgan fingerprint density at radius 2 is 1.06 bits per heavy atom. The third kappa shape index (κ3) is 20.4. The number of rotatable bonds is 32. The van der Waals surface area contributed by atoms with Gasteiger partial charge in [-0.3, -0.25) is 9.59 Å². The Balaban J connectivity index is 2.65. The lowest BCUT2D eigenvalue weighted by Gasteiger charge is -2.47. The molecular formula is C39H77N3O7. The van der Waals surface area contributed by atoms with E-state index in [9.17, 15) is 30.0 Å². The van der Waals surface area contributed by atoms with Crippen LogP contribution in [0.2, 0.25) is 0 Å². The average molecular weight is 700 g/mol. The van der Waals surface area contributed by atoms with Gasteiger partial charge in [0, 0.05) is 13.0 Å². The summed E-state index contributed by atoms with van der Waals surface area (Å²) in [6, 6.07) is -2.40. The summed E-state index contributed by atoms with van der Waals surface area (Å²) in [6.07, 6.45) is 25.2. The Kier molecular flexibility index (Phi) is 28.3. The van der Waals surface area contributed by atoms with E-state index in [0.29, 0.717) is 13.0 Å². The fourth-order valence-corrected chi connectivity index (χ4v) is 6.83. The van der Waals surface area contributed by atoms with Gasteiger partial charge in [0.2, 0.25) is 11.8 Å². The van der Waals surface area contributed by atoms with Crippen molar-refractivity contribution in [3.63, 3.8) is 0 Å². The Bertz CT molecular complexity index is 805. The summed E-state index contributed by atoms with van der Waals surface area (Å²) in [5.74, 6) is -0.856. The summed E-state index contributed by atoms with van der Waals surface area (Å²) in [5, 5.41) is 43.5. The number of carbonyl (C=O) groups is 2. The standard InChI is InChI=1S/C39H77N3O7/c1-3-5-7-9-11-13-15-16-17-18-19-20-22-24-26-28-34(45)42(29-27-25-23-21-14-12-10-8-6-4-2)39-35(41-38(48)32(40)30-43)37(47)36(46)33(31-44)49-39/h32-33,35-37,39,43-44,46-47H,3-31,40H2,1-2H3,(H,41,48)/t32-,33+,35+,36+,37+,39+/m0/s1.